The van der Waals surface area contributed by atoms with Crippen molar-refractivity contribution < 1.29 is 0 Å². The third-order valence-electron chi connectivity index (χ3n) is 18.9. The summed E-state index contributed by atoms with van der Waals surface area (Å²) in [6.45, 7) is 26.3. The van der Waals surface area contributed by atoms with E-state index in [1.165, 1.54) is 137 Å². The number of hydrogen-bond acceptors (Lipinski definition) is 3. The van der Waals surface area contributed by atoms with Crippen molar-refractivity contribution in [3.05, 3.63) is 222 Å². The predicted molar refractivity (Wildman–Crippen MR) is 340 cm³/mol. The van der Waals surface area contributed by atoms with E-state index in [0.717, 1.165) is 12.8 Å². The molecule has 0 N–H and O–H groups in total. The largest absolute Gasteiger partial charge is 0.334 e. The standard InChI is InChI=1S/C75H76BN3/c1-71(2,3)54-35-39-63(58(45-54)51-28-18-13-19-29-51)77-66-41-37-56(73(7,8)9)47-62(66)76-61-38-34-53(50-26-16-12-17-27-50)44-67(61)78(64-40-36-55(72(4,5)6)46-59(64)52-30-20-14-21-31-52)69-49-57(48-68(77)70(69)76)79-65-33-23-22-32-60(65)74(10)42-24-15-25-43-75(74,79)11/h12-14,16-23,26-41,44-49H,15,24-25,42-43H2,1-11H3. The van der Waals surface area contributed by atoms with Crippen molar-refractivity contribution in [3.8, 4) is 33.4 Å². The van der Waals surface area contributed by atoms with Crippen molar-refractivity contribution in [2.24, 2.45) is 0 Å². The lowest BCUT2D eigenvalue weighted by Crippen LogP contribution is -2.61. The maximum Gasteiger partial charge on any atom is 0.252 e. The van der Waals surface area contributed by atoms with E-state index in [0.29, 0.717) is 0 Å². The summed E-state index contributed by atoms with van der Waals surface area (Å²) >= 11 is 0. The molecule has 2 unspecified atom stereocenters. The smallest absolute Gasteiger partial charge is 0.252 e. The molecule has 1 fully saturated rings. The topological polar surface area (TPSA) is 9.72 Å². The van der Waals surface area contributed by atoms with E-state index in [1.54, 1.807) is 0 Å². The van der Waals surface area contributed by atoms with Gasteiger partial charge in [0.05, 0.1) is 16.9 Å². The van der Waals surface area contributed by atoms with Crippen molar-refractivity contribution in [3.63, 3.8) is 0 Å². The fourth-order valence-electron chi connectivity index (χ4n) is 14.3. The molecule has 4 aliphatic rings. The molecule has 1 aliphatic carbocycles. The predicted octanol–water partition coefficient (Wildman–Crippen LogP) is 18.8. The quantitative estimate of drug-likeness (QED) is 0.154. The van der Waals surface area contributed by atoms with E-state index in [1.807, 2.05) is 0 Å². The summed E-state index contributed by atoms with van der Waals surface area (Å²) in [6.07, 6.45) is 5.97. The number of para-hydroxylation sites is 1. The summed E-state index contributed by atoms with van der Waals surface area (Å²) in [5.41, 5.74) is 26.1. The van der Waals surface area contributed by atoms with Gasteiger partial charge in [-0.15, -0.1) is 0 Å². The van der Waals surface area contributed by atoms with Gasteiger partial charge < -0.3 is 14.7 Å². The van der Waals surface area contributed by atoms with Crippen LogP contribution in [0.2, 0.25) is 0 Å². The van der Waals surface area contributed by atoms with Gasteiger partial charge in [0.1, 0.15) is 0 Å². The van der Waals surface area contributed by atoms with Gasteiger partial charge in [-0.05, 0) is 152 Å². The fourth-order valence-corrected chi connectivity index (χ4v) is 14.3. The average Bonchev–Trinajstić information content (AvgIpc) is 3.40. The summed E-state index contributed by atoms with van der Waals surface area (Å²) in [7, 11) is 0. The Bertz CT molecular complexity index is 3820. The lowest BCUT2D eigenvalue weighted by molar-refractivity contribution is 0.261. The average molecular weight is 1030 g/mol. The minimum absolute atomic E-state index is 0.0468. The third kappa shape index (κ3) is 8.21. The molecule has 3 aliphatic heterocycles. The molecule has 394 valence electrons. The molecule has 0 radical (unpaired) electrons. The lowest BCUT2D eigenvalue weighted by atomic mass is 9.33. The van der Waals surface area contributed by atoms with Crippen LogP contribution < -0.4 is 31.1 Å². The third-order valence-corrected chi connectivity index (χ3v) is 18.9. The Morgan fingerprint density at radius 1 is 0.367 bits per heavy atom. The molecule has 3 heterocycles. The van der Waals surface area contributed by atoms with Crippen molar-refractivity contribution >= 4 is 68.6 Å². The van der Waals surface area contributed by atoms with Gasteiger partial charge >= 0.3 is 0 Å². The molecule has 4 heteroatoms. The highest BCUT2D eigenvalue weighted by atomic mass is 15.3. The minimum atomic E-state index is -0.183. The monoisotopic (exact) mass is 1030 g/mol. The fraction of sp³-hybridized carbons (Fsp3) is 0.280. The zero-order valence-electron chi connectivity index (χ0n) is 48.5. The van der Waals surface area contributed by atoms with Crippen molar-refractivity contribution in [2.75, 3.05) is 14.7 Å². The van der Waals surface area contributed by atoms with Gasteiger partial charge in [0.25, 0.3) is 6.71 Å². The van der Waals surface area contributed by atoms with Crippen LogP contribution in [-0.2, 0) is 21.7 Å². The van der Waals surface area contributed by atoms with Crippen LogP contribution in [0.5, 0.6) is 0 Å². The molecule has 9 aromatic rings. The molecule has 0 saturated heterocycles. The highest BCUT2D eigenvalue weighted by Crippen LogP contribution is 2.61. The lowest BCUT2D eigenvalue weighted by Gasteiger charge is -2.49. The van der Waals surface area contributed by atoms with Crippen LogP contribution in [0.1, 0.15) is 131 Å². The van der Waals surface area contributed by atoms with Gasteiger partial charge in [-0.1, -0.05) is 234 Å². The Kier molecular flexibility index (Phi) is 11.9. The van der Waals surface area contributed by atoms with Crippen molar-refractivity contribution in [1.82, 2.24) is 0 Å². The van der Waals surface area contributed by atoms with Crippen molar-refractivity contribution in [2.45, 2.75) is 135 Å². The summed E-state index contributed by atoms with van der Waals surface area (Å²) in [5, 5.41) is 0. The van der Waals surface area contributed by atoms with Gasteiger partial charge in [0.15, 0.2) is 0 Å². The number of anilines is 8. The van der Waals surface area contributed by atoms with Crippen LogP contribution in [0.3, 0.4) is 0 Å². The molecule has 9 aromatic carbocycles. The first kappa shape index (κ1) is 50.9. The Morgan fingerprint density at radius 3 is 1.41 bits per heavy atom. The molecule has 1 saturated carbocycles. The number of rotatable bonds is 6. The Hall–Kier alpha value is -7.56. The highest BCUT2D eigenvalue weighted by Gasteiger charge is 2.57. The van der Waals surface area contributed by atoms with Gasteiger partial charge in [-0.3, -0.25) is 0 Å². The second kappa shape index (κ2) is 18.5. The van der Waals surface area contributed by atoms with E-state index in [2.05, 4.69) is 291 Å². The zero-order valence-corrected chi connectivity index (χ0v) is 48.5. The second-order valence-corrected chi connectivity index (χ2v) is 26.9. The Morgan fingerprint density at radius 2 is 0.848 bits per heavy atom. The van der Waals surface area contributed by atoms with Crippen LogP contribution in [0.4, 0.5) is 45.5 Å². The summed E-state index contributed by atoms with van der Waals surface area (Å²) < 4.78 is 0. The molecule has 79 heavy (non-hydrogen) atoms. The molecule has 0 bridgehead atoms. The summed E-state index contributed by atoms with van der Waals surface area (Å²) in [4.78, 5) is 8.21. The Labute approximate surface area is 472 Å². The van der Waals surface area contributed by atoms with Crippen molar-refractivity contribution in [1.29, 1.82) is 0 Å². The van der Waals surface area contributed by atoms with Crippen LogP contribution in [0, 0.1) is 0 Å². The van der Waals surface area contributed by atoms with Gasteiger partial charge in [0.2, 0.25) is 0 Å². The molecule has 0 spiro atoms. The first-order chi connectivity index (χ1) is 37.8. The van der Waals surface area contributed by atoms with Crippen LogP contribution >= 0.6 is 0 Å². The number of benzene rings is 9. The van der Waals surface area contributed by atoms with Crippen LogP contribution in [0.25, 0.3) is 33.4 Å². The summed E-state index contributed by atoms with van der Waals surface area (Å²) in [6, 6.07) is 77.5. The Balaban J connectivity index is 1.21. The van der Waals surface area contributed by atoms with E-state index in [-0.39, 0.29) is 33.9 Å². The zero-order chi connectivity index (χ0) is 54.8. The molecular formula is C75H76BN3. The first-order valence-electron chi connectivity index (χ1n) is 29.3. The highest BCUT2D eigenvalue weighted by molar-refractivity contribution is 7.00. The second-order valence-electron chi connectivity index (χ2n) is 26.9. The normalized spacial score (nSPS) is 18.6. The van der Waals surface area contributed by atoms with Gasteiger partial charge in [0, 0.05) is 50.7 Å². The molecule has 3 nitrogen and oxygen atoms in total. The first-order valence-corrected chi connectivity index (χ1v) is 29.3. The van der Waals surface area contributed by atoms with E-state index >= 15 is 0 Å². The molecule has 0 amide bonds. The SMILES string of the molecule is CC(C)(C)c1ccc2c(c1)B1c3ccc(-c4ccccc4)cc3N(c3ccc(C(C)(C)C)cc3-c3ccccc3)c3cc(N4c5ccccc5C5(C)CCCCCC45C)cc(c31)N2c1ccc(C(C)(C)C)cc1-c1ccccc1. The van der Waals surface area contributed by atoms with Gasteiger partial charge in [-0.2, -0.15) is 0 Å². The molecule has 2 atom stereocenters. The van der Waals surface area contributed by atoms with Crippen LogP contribution in [0.15, 0.2) is 200 Å². The maximum atomic E-state index is 2.82. The van der Waals surface area contributed by atoms with E-state index in [9.17, 15) is 0 Å². The van der Waals surface area contributed by atoms with Gasteiger partial charge in [-0.25, -0.2) is 0 Å². The molecule has 0 aromatic heterocycles. The minimum Gasteiger partial charge on any atom is -0.334 e. The number of hydrogen-bond donors (Lipinski definition) is 0. The molecular weight excluding hydrogens is 954 g/mol. The van der Waals surface area contributed by atoms with Crippen LogP contribution in [-0.4, -0.2) is 12.3 Å². The molecule has 13 rings (SSSR count). The number of nitrogens with zero attached hydrogens (tertiary/aromatic N) is 3. The summed E-state index contributed by atoms with van der Waals surface area (Å²) in [5.74, 6) is 0. The number of fused-ring (bicyclic) bond motifs is 7. The van der Waals surface area contributed by atoms with E-state index in [4.69, 9.17) is 0 Å². The van der Waals surface area contributed by atoms with E-state index < -0.39 is 0 Å². The maximum absolute atomic E-state index is 2.82.